The Kier molecular flexibility index (Phi) is 3.94. The molecular formula is C8H14F2N4. The second-order valence-electron chi connectivity index (χ2n) is 2.95. The van der Waals surface area contributed by atoms with E-state index in [1.807, 2.05) is 6.92 Å². The van der Waals surface area contributed by atoms with E-state index >= 15 is 0 Å². The fraction of sp³-hybridized carbons (Fsp3) is 0.750. The molecular weight excluding hydrogens is 190 g/mol. The maximum Gasteiger partial charge on any atom is 0.257 e. The summed E-state index contributed by atoms with van der Waals surface area (Å²) in [5, 5.41) is 7.51. The fourth-order valence-corrected chi connectivity index (χ4v) is 1.36. The predicted molar refractivity (Wildman–Crippen MR) is 48.2 cm³/mol. The summed E-state index contributed by atoms with van der Waals surface area (Å²) in [4.78, 5) is 0. The molecule has 1 rings (SSSR count). The molecule has 0 aliphatic heterocycles. The number of alkyl halides is 2. The number of aromatic nitrogens is 3. The number of nitrogens with zero attached hydrogens (tertiary/aromatic N) is 3. The zero-order valence-electron chi connectivity index (χ0n) is 8.08. The third-order valence-corrected chi connectivity index (χ3v) is 1.95. The summed E-state index contributed by atoms with van der Waals surface area (Å²) < 4.78 is 25.5. The van der Waals surface area contributed by atoms with Crippen molar-refractivity contribution in [1.29, 1.82) is 0 Å². The third-order valence-electron chi connectivity index (χ3n) is 1.95. The van der Waals surface area contributed by atoms with Gasteiger partial charge in [-0.25, -0.2) is 13.5 Å². The highest BCUT2D eigenvalue weighted by atomic mass is 19.3. The number of hydrogen-bond acceptors (Lipinski definition) is 3. The van der Waals surface area contributed by atoms with Gasteiger partial charge in [-0.2, -0.15) is 0 Å². The minimum atomic E-state index is -2.40. The molecule has 1 aromatic rings. The van der Waals surface area contributed by atoms with Crippen molar-refractivity contribution in [3.63, 3.8) is 0 Å². The quantitative estimate of drug-likeness (QED) is 0.764. The Morgan fingerprint density at radius 2 is 2.21 bits per heavy atom. The molecule has 1 heterocycles. The van der Waals surface area contributed by atoms with Gasteiger partial charge in [0, 0.05) is 6.42 Å². The van der Waals surface area contributed by atoms with Crippen LogP contribution in [0.3, 0.4) is 0 Å². The molecule has 1 aromatic heterocycles. The summed E-state index contributed by atoms with van der Waals surface area (Å²) in [6, 6.07) is 0. The smallest absolute Gasteiger partial charge is 0.257 e. The molecule has 80 valence electrons. The maximum atomic E-state index is 12.1. The highest BCUT2D eigenvalue weighted by Crippen LogP contribution is 2.08. The van der Waals surface area contributed by atoms with E-state index in [9.17, 15) is 8.78 Å². The van der Waals surface area contributed by atoms with Gasteiger partial charge in [0.25, 0.3) is 6.43 Å². The lowest BCUT2D eigenvalue weighted by atomic mass is 10.2. The standard InChI is InChI=1S/C8H14F2N4/c1-2-7-6(3-4-11)12-13-14(7)5-8(9)10/h8H,2-5,11H2,1H3. The van der Waals surface area contributed by atoms with Crippen molar-refractivity contribution in [3.05, 3.63) is 11.4 Å². The van der Waals surface area contributed by atoms with Gasteiger partial charge in [-0.05, 0) is 13.0 Å². The molecule has 0 spiro atoms. The Morgan fingerprint density at radius 1 is 1.50 bits per heavy atom. The summed E-state index contributed by atoms with van der Waals surface area (Å²) in [5.41, 5.74) is 6.86. The molecule has 0 saturated carbocycles. The van der Waals surface area contributed by atoms with Crippen LogP contribution in [-0.2, 0) is 19.4 Å². The SMILES string of the molecule is CCc1c(CCN)nnn1CC(F)F. The monoisotopic (exact) mass is 204 g/mol. The molecule has 0 aromatic carbocycles. The summed E-state index contributed by atoms with van der Waals surface area (Å²) >= 11 is 0. The van der Waals surface area contributed by atoms with Crippen LogP contribution in [0.5, 0.6) is 0 Å². The lowest BCUT2D eigenvalue weighted by Crippen LogP contribution is -2.12. The van der Waals surface area contributed by atoms with Crippen LogP contribution >= 0.6 is 0 Å². The first-order chi connectivity index (χ1) is 6.69. The van der Waals surface area contributed by atoms with Crippen molar-refractivity contribution in [1.82, 2.24) is 15.0 Å². The first-order valence-electron chi connectivity index (χ1n) is 4.58. The van der Waals surface area contributed by atoms with E-state index in [-0.39, 0.29) is 6.54 Å². The molecule has 2 N–H and O–H groups in total. The van der Waals surface area contributed by atoms with Gasteiger partial charge in [0.15, 0.2) is 0 Å². The van der Waals surface area contributed by atoms with Crippen LogP contribution in [0.15, 0.2) is 0 Å². The highest BCUT2D eigenvalue weighted by molar-refractivity contribution is 5.10. The predicted octanol–water partition coefficient (Wildman–Crippen LogP) is 0.607. The lowest BCUT2D eigenvalue weighted by Gasteiger charge is -2.04. The van der Waals surface area contributed by atoms with Gasteiger partial charge in [0.2, 0.25) is 0 Å². The van der Waals surface area contributed by atoms with Gasteiger partial charge < -0.3 is 5.73 Å². The molecule has 4 nitrogen and oxygen atoms in total. The molecule has 0 atom stereocenters. The van der Waals surface area contributed by atoms with Gasteiger partial charge in [-0.1, -0.05) is 12.1 Å². The number of rotatable bonds is 5. The largest absolute Gasteiger partial charge is 0.330 e. The van der Waals surface area contributed by atoms with Gasteiger partial charge in [0.1, 0.15) is 6.54 Å². The van der Waals surface area contributed by atoms with Crippen LogP contribution in [0.1, 0.15) is 18.3 Å². The van der Waals surface area contributed by atoms with Crippen LogP contribution in [-0.4, -0.2) is 28.0 Å². The zero-order chi connectivity index (χ0) is 10.6. The minimum Gasteiger partial charge on any atom is -0.330 e. The van der Waals surface area contributed by atoms with Crippen LogP contribution in [0.25, 0.3) is 0 Å². The molecule has 0 saturated heterocycles. The van der Waals surface area contributed by atoms with Crippen molar-refractivity contribution in [2.24, 2.45) is 5.73 Å². The lowest BCUT2D eigenvalue weighted by molar-refractivity contribution is 0.120. The van der Waals surface area contributed by atoms with Crippen molar-refractivity contribution in [3.8, 4) is 0 Å². The van der Waals surface area contributed by atoms with Crippen LogP contribution in [0, 0.1) is 0 Å². The van der Waals surface area contributed by atoms with E-state index in [2.05, 4.69) is 10.3 Å². The van der Waals surface area contributed by atoms with Crippen LogP contribution in [0.4, 0.5) is 8.78 Å². The highest BCUT2D eigenvalue weighted by Gasteiger charge is 2.13. The normalized spacial score (nSPS) is 11.2. The number of hydrogen-bond donors (Lipinski definition) is 1. The van der Waals surface area contributed by atoms with Crippen molar-refractivity contribution in [2.45, 2.75) is 32.7 Å². The van der Waals surface area contributed by atoms with Gasteiger partial charge in [0.05, 0.1) is 11.4 Å². The Hall–Kier alpha value is -1.04. The van der Waals surface area contributed by atoms with E-state index in [4.69, 9.17) is 5.73 Å². The average Bonchev–Trinajstić information content (AvgIpc) is 2.47. The Morgan fingerprint density at radius 3 is 2.71 bits per heavy atom. The van der Waals surface area contributed by atoms with Gasteiger partial charge in [-0.15, -0.1) is 5.10 Å². The first kappa shape index (κ1) is 11.0. The van der Waals surface area contributed by atoms with Crippen LogP contribution in [0.2, 0.25) is 0 Å². The zero-order valence-corrected chi connectivity index (χ0v) is 8.08. The minimum absolute atomic E-state index is 0.388. The Balaban J connectivity index is 2.83. The molecule has 0 bridgehead atoms. The second kappa shape index (κ2) is 4.99. The molecule has 0 fully saturated rings. The van der Waals surface area contributed by atoms with Crippen LogP contribution < -0.4 is 5.73 Å². The van der Waals surface area contributed by atoms with Gasteiger partial charge >= 0.3 is 0 Å². The molecule has 14 heavy (non-hydrogen) atoms. The molecule has 0 aliphatic carbocycles. The summed E-state index contributed by atoms with van der Waals surface area (Å²) in [5.74, 6) is 0. The van der Waals surface area contributed by atoms with E-state index in [0.717, 1.165) is 11.4 Å². The second-order valence-corrected chi connectivity index (χ2v) is 2.95. The number of nitrogens with two attached hydrogens (primary N) is 1. The molecule has 6 heteroatoms. The van der Waals surface area contributed by atoms with E-state index in [1.54, 1.807) is 0 Å². The molecule has 0 unspecified atom stereocenters. The molecule has 0 aliphatic rings. The molecule has 0 amide bonds. The third kappa shape index (κ3) is 2.47. The fourth-order valence-electron chi connectivity index (χ4n) is 1.36. The Bertz CT molecular complexity index is 285. The number of halogens is 2. The topological polar surface area (TPSA) is 56.7 Å². The summed E-state index contributed by atoms with van der Waals surface area (Å²) in [6.45, 7) is 1.96. The first-order valence-corrected chi connectivity index (χ1v) is 4.58. The van der Waals surface area contributed by atoms with E-state index < -0.39 is 6.43 Å². The van der Waals surface area contributed by atoms with Crippen molar-refractivity contribution >= 4 is 0 Å². The summed E-state index contributed by atoms with van der Waals surface area (Å²) in [7, 11) is 0. The van der Waals surface area contributed by atoms with Crippen molar-refractivity contribution < 1.29 is 8.78 Å². The van der Waals surface area contributed by atoms with E-state index in [0.29, 0.717) is 19.4 Å². The molecule has 0 radical (unpaired) electrons. The maximum absolute atomic E-state index is 12.1. The Labute approximate surface area is 81.1 Å². The van der Waals surface area contributed by atoms with E-state index in [1.165, 1.54) is 4.68 Å². The van der Waals surface area contributed by atoms with Crippen molar-refractivity contribution in [2.75, 3.05) is 6.54 Å². The van der Waals surface area contributed by atoms with Gasteiger partial charge in [-0.3, -0.25) is 0 Å². The summed E-state index contributed by atoms with van der Waals surface area (Å²) in [6.07, 6.45) is -1.16. The average molecular weight is 204 g/mol.